The third kappa shape index (κ3) is 1.97. The standard InChI is InChI=1S/C12H8Cl2N2/c1-7-4-8(2-3-15)12-10(14)5-9(13)6-11(12)16-7/h4-6H,2H2,1H3. The minimum Gasteiger partial charge on any atom is -0.253 e. The molecule has 2 aromatic rings. The minimum absolute atomic E-state index is 0.321. The van der Waals surface area contributed by atoms with Crippen molar-refractivity contribution in [2.75, 3.05) is 0 Å². The van der Waals surface area contributed by atoms with Gasteiger partial charge in [0.15, 0.2) is 0 Å². The summed E-state index contributed by atoms with van der Waals surface area (Å²) in [6.45, 7) is 1.88. The Balaban J connectivity index is 2.85. The smallest absolute Gasteiger partial charge is 0.0738 e. The fourth-order valence-corrected chi connectivity index (χ4v) is 2.34. The average molecular weight is 251 g/mol. The van der Waals surface area contributed by atoms with E-state index in [4.69, 9.17) is 28.5 Å². The lowest BCUT2D eigenvalue weighted by Gasteiger charge is -2.07. The Morgan fingerprint density at radius 2 is 2.06 bits per heavy atom. The van der Waals surface area contributed by atoms with Crippen LogP contribution in [-0.4, -0.2) is 4.98 Å². The van der Waals surface area contributed by atoms with Gasteiger partial charge in [-0.25, -0.2) is 0 Å². The lowest BCUT2D eigenvalue weighted by atomic mass is 10.1. The topological polar surface area (TPSA) is 36.7 Å². The van der Waals surface area contributed by atoms with Crippen molar-refractivity contribution < 1.29 is 0 Å². The Bertz CT molecular complexity index is 595. The third-order valence-electron chi connectivity index (χ3n) is 2.30. The van der Waals surface area contributed by atoms with Gasteiger partial charge in [-0.05, 0) is 30.7 Å². The molecule has 0 saturated carbocycles. The summed E-state index contributed by atoms with van der Waals surface area (Å²) in [6.07, 6.45) is 0.321. The Morgan fingerprint density at radius 1 is 1.31 bits per heavy atom. The molecule has 1 heterocycles. The molecule has 0 aliphatic rings. The fraction of sp³-hybridized carbons (Fsp3) is 0.167. The van der Waals surface area contributed by atoms with E-state index < -0.39 is 0 Å². The minimum atomic E-state index is 0.321. The molecule has 4 heteroatoms. The zero-order valence-electron chi connectivity index (χ0n) is 8.59. The van der Waals surface area contributed by atoms with Crippen LogP contribution >= 0.6 is 23.2 Å². The van der Waals surface area contributed by atoms with Crippen LogP contribution in [0, 0.1) is 18.3 Å². The summed E-state index contributed by atoms with van der Waals surface area (Å²) >= 11 is 12.0. The van der Waals surface area contributed by atoms with Gasteiger partial charge in [0.2, 0.25) is 0 Å². The molecule has 2 nitrogen and oxygen atoms in total. The van der Waals surface area contributed by atoms with E-state index in [1.807, 2.05) is 13.0 Å². The summed E-state index contributed by atoms with van der Waals surface area (Å²) < 4.78 is 0. The summed E-state index contributed by atoms with van der Waals surface area (Å²) in [4.78, 5) is 4.36. The molecule has 0 aliphatic carbocycles. The molecule has 16 heavy (non-hydrogen) atoms. The van der Waals surface area contributed by atoms with Crippen molar-refractivity contribution in [3.8, 4) is 6.07 Å². The summed E-state index contributed by atoms with van der Waals surface area (Å²) in [7, 11) is 0. The predicted octanol–water partition coefficient (Wildman–Crippen LogP) is 3.92. The Kier molecular flexibility index (Phi) is 3.00. The summed E-state index contributed by atoms with van der Waals surface area (Å²) in [5, 5.41) is 10.7. The van der Waals surface area contributed by atoms with Gasteiger partial charge in [0.1, 0.15) is 0 Å². The second kappa shape index (κ2) is 4.29. The monoisotopic (exact) mass is 250 g/mol. The predicted molar refractivity (Wildman–Crippen MR) is 65.8 cm³/mol. The van der Waals surface area contributed by atoms with Crippen molar-refractivity contribution >= 4 is 34.1 Å². The molecule has 0 N–H and O–H groups in total. The molecule has 1 aromatic carbocycles. The molecule has 0 amide bonds. The number of hydrogen-bond acceptors (Lipinski definition) is 2. The second-order valence-electron chi connectivity index (χ2n) is 3.54. The maximum absolute atomic E-state index is 8.78. The Hall–Kier alpha value is -1.30. The maximum Gasteiger partial charge on any atom is 0.0738 e. The number of pyridine rings is 1. The van der Waals surface area contributed by atoms with Crippen molar-refractivity contribution in [2.45, 2.75) is 13.3 Å². The number of hydrogen-bond donors (Lipinski definition) is 0. The summed E-state index contributed by atoms with van der Waals surface area (Å²) in [5.41, 5.74) is 2.49. The molecule has 1 aromatic heterocycles. The molecule has 0 saturated heterocycles. The molecule has 0 fully saturated rings. The number of rotatable bonds is 1. The zero-order chi connectivity index (χ0) is 11.7. The molecule has 80 valence electrons. The van der Waals surface area contributed by atoms with E-state index in [9.17, 15) is 0 Å². The quantitative estimate of drug-likeness (QED) is 0.770. The van der Waals surface area contributed by atoms with Crippen molar-refractivity contribution in [1.29, 1.82) is 5.26 Å². The first-order valence-electron chi connectivity index (χ1n) is 4.74. The van der Waals surface area contributed by atoms with E-state index in [1.54, 1.807) is 12.1 Å². The van der Waals surface area contributed by atoms with Gasteiger partial charge in [-0.3, -0.25) is 4.98 Å². The Labute approximate surface area is 103 Å². The van der Waals surface area contributed by atoms with Crippen molar-refractivity contribution in [3.63, 3.8) is 0 Å². The highest BCUT2D eigenvalue weighted by molar-refractivity contribution is 6.38. The highest BCUT2D eigenvalue weighted by Gasteiger charge is 2.09. The highest BCUT2D eigenvalue weighted by atomic mass is 35.5. The van der Waals surface area contributed by atoms with Crippen LogP contribution in [0.2, 0.25) is 10.0 Å². The normalized spacial score (nSPS) is 10.4. The number of fused-ring (bicyclic) bond motifs is 1. The first kappa shape index (κ1) is 11.2. The van der Waals surface area contributed by atoms with Crippen LogP contribution in [0.5, 0.6) is 0 Å². The van der Waals surface area contributed by atoms with Gasteiger partial charge in [-0.1, -0.05) is 23.2 Å². The number of benzene rings is 1. The first-order valence-corrected chi connectivity index (χ1v) is 5.49. The lowest BCUT2D eigenvalue weighted by molar-refractivity contribution is 1.20. The van der Waals surface area contributed by atoms with Crippen LogP contribution < -0.4 is 0 Å². The van der Waals surface area contributed by atoms with Crippen molar-refractivity contribution in [1.82, 2.24) is 4.98 Å². The number of halogens is 2. The average Bonchev–Trinajstić information content (AvgIpc) is 2.15. The molecule has 0 atom stereocenters. The number of nitriles is 1. The van der Waals surface area contributed by atoms with Crippen LogP contribution in [-0.2, 0) is 6.42 Å². The van der Waals surface area contributed by atoms with Crippen molar-refractivity contribution in [3.05, 3.63) is 39.5 Å². The van der Waals surface area contributed by atoms with E-state index in [0.717, 1.165) is 22.2 Å². The summed E-state index contributed by atoms with van der Waals surface area (Å²) in [6, 6.07) is 7.44. The van der Waals surface area contributed by atoms with E-state index in [2.05, 4.69) is 11.1 Å². The van der Waals surface area contributed by atoms with Gasteiger partial charge in [0.05, 0.1) is 23.0 Å². The molecular formula is C12H8Cl2N2. The zero-order valence-corrected chi connectivity index (χ0v) is 10.1. The van der Waals surface area contributed by atoms with Crippen LogP contribution in [0.25, 0.3) is 10.9 Å². The molecular weight excluding hydrogens is 243 g/mol. The SMILES string of the molecule is Cc1cc(CC#N)c2c(Cl)cc(Cl)cc2n1. The van der Waals surface area contributed by atoms with Crippen LogP contribution in [0.4, 0.5) is 0 Å². The van der Waals surface area contributed by atoms with Gasteiger partial charge in [0, 0.05) is 16.1 Å². The van der Waals surface area contributed by atoms with Gasteiger partial charge in [-0.2, -0.15) is 5.26 Å². The van der Waals surface area contributed by atoms with Gasteiger partial charge in [-0.15, -0.1) is 0 Å². The van der Waals surface area contributed by atoms with Gasteiger partial charge in [0.25, 0.3) is 0 Å². The number of aryl methyl sites for hydroxylation is 1. The number of aromatic nitrogens is 1. The molecule has 0 unspecified atom stereocenters. The van der Waals surface area contributed by atoms with Crippen molar-refractivity contribution in [2.24, 2.45) is 0 Å². The second-order valence-corrected chi connectivity index (χ2v) is 4.38. The summed E-state index contributed by atoms with van der Waals surface area (Å²) in [5.74, 6) is 0. The van der Waals surface area contributed by atoms with E-state index in [1.165, 1.54) is 0 Å². The van der Waals surface area contributed by atoms with E-state index in [0.29, 0.717) is 16.5 Å². The maximum atomic E-state index is 8.78. The Morgan fingerprint density at radius 3 is 2.75 bits per heavy atom. The third-order valence-corrected chi connectivity index (χ3v) is 2.82. The van der Waals surface area contributed by atoms with E-state index in [-0.39, 0.29) is 0 Å². The fourth-order valence-electron chi connectivity index (χ4n) is 1.74. The number of nitrogens with zero attached hydrogens (tertiary/aromatic N) is 2. The van der Waals surface area contributed by atoms with E-state index >= 15 is 0 Å². The van der Waals surface area contributed by atoms with Crippen LogP contribution in [0.15, 0.2) is 18.2 Å². The largest absolute Gasteiger partial charge is 0.253 e. The van der Waals surface area contributed by atoms with Crippen LogP contribution in [0.3, 0.4) is 0 Å². The molecule has 0 spiro atoms. The van der Waals surface area contributed by atoms with Gasteiger partial charge >= 0.3 is 0 Å². The molecule has 0 aliphatic heterocycles. The lowest BCUT2D eigenvalue weighted by Crippen LogP contribution is -1.92. The van der Waals surface area contributed by atoms with Crippen LogP contribution in [0.1, 0.15) is 11.3 Å². The molecule has 2 rings (SSSR count). The molecule has 0 bridgehead atoms. The first-order chi connectivity index (χ1) is 7.61. The highest BCUT2D eigenvalue weighted by Crippen LogP contribution is 2.30. The molecule has 0 radical (unpaired) electrons. The van der Waals surface area contributed by atoms with Gasteiger partial charge < -0.3 is 0 Å².